The Kier molecular flexibility index (Phi) is 7.47. The van der Waals surface area contributed by atoms with Crippen molar-refractivity contribution in [1.82, 2.24) is 15.2 Å². The lowest BCUT2D eigenvalue weighted by molar-refractivity contribution is 0.199. The zero-order valence-corrected chi connectivity index (χ0v) is 17.7. The highest BCUT2D eigenvalue weighted by atomic mass is 16.6. The number of amides is 1. The van der Waals surface area contributed by atoms with Crippen LogP contribution in [-0.4, -0.2) is 36.6 Å². The number of hydrogen-bond donors (Lipinski definition) is 1. The van der Waals surface area contributed by atoms with Crippen molar-refractivity contribution >= 4 is 11.8 Å². The number of pyridine rings is 1. The normalized spacial score (nSPS) is 16.4. The highest BCUT2D eigenvalue weighted by Crippen LogP contribution is 2.38. The Hall–Kier alpha value is -2.60. The summed E-state index contributed by atoms with van der Waals surface area (Å²) >= 11 is 0. The van der Waals surface area contributed by atoms with Gasteiger partial charge in [0.15, 0.2) is 0 Å². The van der Waals surface area contributed by atoms with Crippen molar-refractivity contribution in [3.05, 3.63) is 53.9 Å². The van der Waals surface area contributed by atoms with E-state index in [-0.39, 0.29) is 12.3 Å². The second-order valence-electron chi connectivity index (χ2n) is 7.71. The third-order valence-corrected chi connectivity index (χ3v) is 5.38. The highest BCUT2D eigenvalue weighted by molar-refractivity contribution is 5.71. The number of hydrogen-bond acceptors (Lipinski definition) is 5. The van der Waals surface area contributed by atoms with Gasteiger partial charge in [-0.25, -0.2) is 4.79 Å². The Balaban J connectivity index is 1.59. The summed E-state index contributed by atoms with van der Waals surface area (Å²) in [6.45, 7) is 3.63. The molecule has 1 aliphatic heterocycles. The quantitative estimate of drug-likeness (QED) is 0.654. The minimum absolute atomic E-state index is 0.124. The fourth-order valence-electron chi connectivity index (χ4n) is 3.95. The third kappa shape index (κ3) is 5.48. The standard InChI is InChI=1S/C23H32N4O2/c1-4-5-6-7-8-14-25-23(28)29-20-11-12-21-19(15-20)17-26(2)22(27(21)3)18-10-9-13-24-16-18/h9-13,15-16,22H,4-8,14,17H2,1-3H3,(H,25,28). The van der Waals surface area contributed by atoms with E-state index in [4.69, 9.17) is 4.74 Å². The maximum Gasteiger partial charge on any atom is 0.412 e. The van der Waals surface area contributed by atoms with Crippen LogP contribution in [0, 0.1) is 0 Å². The molecule has 1 amide bonds. The Bertz CT molecular complexity index is 797. The predicted octanol–water partition coefficient (Wildman–Crippen LogP) is 4.72. The molecule has 0 spiro atoms. The van der Waals surface area contributed by atoms with E-state index in [0.29, 0.717) is 12.3 Å². The molecule has 1 aliphatic rings. The number of carbonyl (C=O) groups is 1. The summed E-state index contributed by atoms with van der Waals surface area (Å²) in [5.74, 6) is 0.578. The molecule has 1 N–H and O–H groups in total. The predicted molar refractivity (Wildman–Crippen MR) is 116 cm³/mol. The Morgan fingerprint density at radius 1 is 1.21 bits per heavy atom. The van der Waals surface area contributed by atoms with Gasteiger partial charge in [0.05, 0.1) is 0 Å². The van der Waals surface area contributed by atoms with Crippen LogP contribution in [0.5, 0.6) is 5.75 Å². The second kappa shape index (κ2) is 10.3. The van der Waals surface area contributed by atoms with E-state index >= 15 is 0 Å². The van der Waals surface area contributed by atoms with Gasteiger partial charge < -0.3 is 15.0 Å². The zero-order chi connectivity index (χ0) is 20.6. The third-order valence-electron chi connectivity index (χ3n) is 5.38. The lowest BCUT2D eigenvalue weighted by Gasteiger charge is -2.42. The summed E-state index contributed by atoms with van der Waals surface area (Å²) in [7, 11) is 4.17. The highest BCUT2D eigenvalue weighted by Gasteiger charge is 2.29. The van der Waals surface area contributed by atoms with Crippen molar-refractivity contribution in [3.8, 4) is 5.75 Å². The fourth-order valence-corrected chi connectivity index (χ4v) is 3.95. The van der Waals surface area contributed by atoms with Gasteiger partial charge in [0.1, 0.15) is 11.9 Å². The first-order valence-electron chi connectivity index (χ1n) is 10.5. The molecular weight excluding hydrogens is 364 g/mol. The molecule has 0 saturated heterocycles. The molecule has 0 bridgehead atoms. The van der Waals surface area contributed by atoms with Gasteiger partial charge in [-0.2, -0.15) is 0 Å². The lowest BCUT2D eigenvalue weighted by Crippen LogP contribution is -2.41. The van der Waals surface area contributed by atoms with Crippen molar-refractivity contribution in [2.75, 3.05) is 25.5 Å². The first kappa shape index (κ1) is 21.1. The molecule has 2 aromatic rings. The summed E-state index contributed by atoms with van der Waals surface area (Å²) in [5.41, 5.74) is 3.43. The number of nitrogens with one attached hydrogen (secondary N) is 1. The van der Waals surface area contributed by atoms with Crippen LogP contribution >= 0.6 is 0 Å². The summed E-state index contributed by atoms with van der Waals surface area (Å²) in [5, 5.41) is 2.85. The van der Waals surface area contributed by atoms with Crippen LogP contribution in [0.15, 0.2) is 42.7 Å². The molecule has 1 aromatic carbocycles. The van der Waals surface area contributed by atoms with Gasteiger partial charge in [0, 0.05) is 43.8 Å². The number of nitrogens with zero attached hydrogens (tertiary/aromatic N) is 3. The zero-order valence-electron chi connectivity index (χ0n) is 17.7. The van der Waals surface area contributed by atoms with Gasteiger partial charge in [-0.3, -0.25) is 9.88 Å². The molecule has 3 rings (SSSR count). The van der Waals surface area contributed by atoms with E-state index in [0.717, 1.165) is 36.2 Å². The van der Waals surface area contributed by atoms with Crippen LogP contribution in [0.1, 0.15) is 56.3 Å². The summed E-state index contributed by atoms with van der Waals surface area (Å²) in [4.78, 5) is 20.8. The molecule has 1 aromatic heterocycles. The fraction of sp³-hybridized carbons (Fsp3) is 0.478. The topological polar surface area (TPSA) is 57.7 Å². The Labute approximate surface area is 173 Å². The van der Waals surface area contributed by atoms with Crippen molar-refractivity contribution in [3.63, 3.8) is 0 Å². The number of carbonyl (C=O) groups excluding carboxylic acids is 1. The average Bonchev–Trinajstić information content (AvgIpc) is 2.71. The van der Waals surface area contributed by atoms with Gasteiger partial charge in [-0.1, -0.05) is 38.7 Å². The van der Waals surface area contributed by atoms with E-state index in [1.165, 1.54) is 19.3 Å². The van der Waals surface area contributed by atoms with Crippen LogP contribution < -0.4 is 15.0 Å². The SMILES string of the molecule is CCCCCCCNC(=O)Oc1ccc2c(c1)CN(C)C(c1cccnc1)N2C. The van der Waals surface area contributed by atoms with Crippen LogP contribution in [0.3, 0.4) is 0 Å². The molecule has 0 aliphatic carbocycles. The largest absolute Gasteiger partial charge is 0.412 e. The van der Waals surface area contributed by atoms with Crippen LogP contribution in [-0.2, 0) is 6.54 Å². The molecule has 0 radical (unpaired) electrons. The maximum absolute atomic E-state index is 12.1. The molecule has 1 unspecified atom stereocenters. The van der Waals surface area contributed by atoms with E-state index in [1.54, 1.807) is 6.20 Å². The molecule has 2 heterocycles. The molecule has 6 nitrogen and oxygen atoms in total. The Morgan fingerprint density at radius 3 is 2.79 bits per heavy atom. The van der Waals surface area contributed by atoms with Crippen LogP contribution in [0.2, 0.25) is 0 Å². The summed E-state index contributed by atoms with van der Waals surface area (Å²) in [6.07, 6.45) is 9.27. The first-order chi connectivity index (χ1) is 14.1. The van der Waals surface area contributed by atoms with Gasteiger partial charge in [0.25, 0.3) is 0 Å². The molecule has 1 atom stereocenters. The number of unbranched alkanes of at least 4 members (excludes halogenated alkanes) is 4. The minimum Gasteiger partial charge on any atom is -0.410 e. The van der Waals surface area contributed by atoms with E-state index in [2.05, 4.69) is 47.2 Å². The van der Waals surface area contributed by atoms with E-state index in [1.807, 2.05) is 30.5 Å². The average molecular weight is 397 g/mol. The minimum atomic E-state index is -0.383. The van der Waals surface area contributed by atoms with E-state index in [9.17, 15) is 4.79 Å². The van der Waals surface area contributed by atoms with Crippen LogP contribution in [0.25, 0.3) is 0 Å². The molecule has 6 heteroatoms. The van der Waals surface area contributed by atoms with Crippen molar-refractivity contribution in [2.24, 2.45) is 0 Å². The number of ether oxygens (including phenoxy) is 1. The molecule has 0 saturated carbocycles. The molecule has 156 valence electrons. The van der Waals surface area contributed by atoms with Gasteiger partial charge in [-0.15, -0.1) is 0 Å². The molecular formula is C23H32N4O2. The smallest absolute Gasteiger partial charge is 0.410 e. The number of fused-ring (bicyclic) bond motifs is 1. The van der Waals surface area contributed by atoms with Gasteiger partial charge in [0.2, 0.25) is 0 Å². The number of aromatic nitrogens is 1. The Morgan fingerprint density at radius 2 is 2.03 bits per heavy atom. The molecule has 29 heavy (non-hydrogen) atoms. The van der Waals surface area contributed by atoms with Gasteiger partial charge in [-0.05, 0) is 43.3 Å². The van der Waals surface area contributed by atoms with Crippen LogP contribution in [0.4, 0.5) is 10.5 Å². The molecule has 0 fully saturated rings. The number of benzene rings is 1. The first-order valence-corrected chi connectivity index (χ1v) is 10.5. The lowest BCUT2D eigenvalue weighted by atomic mass is 10.0. The van der Waals surface area contributed by atoms with Crippen molar-refractivity contribution in [2.45, 2.75) is 51.7 Å². The monoisotopic (exact) mass is 396 g/mol. The number of anilines is 1. The summed E-state index contributed by atoms with van der Waals surface area (Å²) < 4.78 is 5.49. The second-order valence-corrected chi connectivity index (χ2v) is 7.71. The summed E-state index contributed by atoms with van der Waals surface area (Å²) in [6, 6.07) is 9.91. The maximum atomic E-state index is 12.1. The van der Waals surface area contributed by atoms with Crippen molar-refractivity contribution in [1.29, 1.82) is 0 Å². The van der Waals surface area contributed by atoms with E-state index < -0.39 is 0 Å². The van der Waals surface area contributed by atoms with Gasteiger partial charge >= 0.3 is 6.09 Å². The van der Waals surface area contributed by atoms with Crippen molar-refractivity contribution < 1.29 is 9.53 Å². The number of rotatable bonds is 8.